The Balaban J connectivity index is 0.999. The second-order valence-electron chi connectivity index (χ2n) is 16.2. The monoisotopic (exact) mass is 816 g/mol. The van der Waals surface area contributed by atoms with E-state index in [4.69, 9.17) is 24.7 Å². The van der Waals surface area contributed by atoms with Gasteiger partial charge in [-0.1, -0.05) is 52.0 Å². The van der Waals surface area contributed by atoms with E-state index in [9.17, 15) is 24.3 Å². The molecule has 4 atom stereocenters. The van der Waals surface area contributed by atoms with Gasteiger partial charge in [0.05, 0.1) is 43.0 Å². The smallest absolute Gasteiger partial charge is 0.407 e. The first kappa shape index (κ1) is 40.1. The van der Waals surface area contributed by atoms with Crippen molar-refractivity contribution in [3.63, 3.8) is 0 Å². The summed E-state index contributed by atoms with van der Waals surface area (Å²) in [5, 5.41) is 14.3. The molecule has 0 spiro atoms. The number of carbonyl (C=O) groups excluding carboxylic acids is 3. The molecule has 2 saturated heterocycles. The van der Waals surface area contributed by atoms with Crippen LogP contribution in [0, 0.1) is 11.8 Å². The molecule has 0 saturated carbocycles. The number of amides is 4. The van der Waals surface area contributed by atoms with Gasteiger partial charge in [0.1, 0.15) is 23.7 Å². The van der Waals surface area contributed by atoms with Gasteiger partial charge in [-0.2, -0.15) is 0 Å². The Morgan fingerprint density at radius 3 is 1.72 bits per heavy atom. The molecule has 60 heavy (non-hydrogen) atoms. The summed E-state index contributed by atoms with van der Waals surface area (Å²) in [5.74, 6) is 0.401. The number of rotatable bonds is 10. The van der Waals surface area contributed by atoms with Crippen LogP contribution in [0.5, 0.6) is 0 Å². The van der Waals surface area contributed by atoms with Crippen LogP contribution in [0.25, 0.3) is 55.9 Å². The Morgan fingerprint density at radius 2 is 1.27 bits per heavy atom. The zero-order chi connectivity index (χ0) is 42.4. The maximum Gasteiger partial charge on any atom is 0.407 e. The highest BCUT2D eigenvalue weighted by Crippen LogP contribution is 2.35. The SMILES string of the molecule is COC(=O)N[C@@H](C(=O)N1CCCC1c1nc2nc(-c3ccc4cc(-c5cnc6[nH]c([C@@H]7CCCN7C(=O)[C@H](C(C)C)N(C)C(=O)O)nc6n5)ccc4c3)cnc2[nH]1)C(C)C. The molecule has 6 aromatic rings. The van der Waals surface area contributed by atoms with Crippen molar-refractivity contribution in [2.45, 2.75) is 77.5 Å². The first-order valence-electron chi connectivity index (χ1n) is 20.2. The maximum atomic E-state index is 13.7. The van der Waals surface area contributed by atoms with E-state index in [0.717, 1.165) is 39.6 Å². The van der Waals surface area contributed by atoms with E-state index < -0.39 is 24.3 Å². The second-order valence-corrected chi connectivity index (χ2v) is 16.2. The lowest BCUT2D eigenvalue weighted by atomic mass is 10.0. The molecule has 2 aromatic carbocycles. The zero-order valence-electron chi connectivity index (χ0n) is 34.3. The lowest BCUT2D eigenvalue weighted by molar-refractivity contribution is -0.138. The number of aromatic amines is 2. The maximum absolute atomic E-state index is 13.7. The van der Waals surface area contributed by atoms with Gasteiger partial charge in [0.25, 0.3) is 0 Å². The minimum atomic E-state index is -1.15. The highest BCUT2D eigenvalue weighted by atomic mass is 16.5. The number of methoxy groups -OCH3 is 1. The van der Waals surface area contributed by atoms with Crippen LogP contribution in [0.15, 0.2) is 48.8 Å². The Morgan fingerprint density at radius 1 is 0.767 bits per heavy atom. The lowest BCUT2D eigenvalue weighted by Gasteiger charge is -2.33. The van der Waals surface area contributed by atoms with Crippen LogP contribution in [0.4, 0.5) is 9.59 Å². The third-order valence-corrected chi connectivity index (χ3v) is 11.6. The van der Waals surface area contributed by atoms with Gasteiger partial charge >= 0.3 is 12.2 Å². The summed E-state index contributed by atoms with van der Waals surface area (Å²) in [6.45, 7) is 8.50. The summed E-state index contributed by atoms with van der Waals surface area (Å²) in [4.78, 5) is 90.7. The predicted octanol–water partition coefficient (Wildman–Crippen LogP) is 5.85. The molecule has 8 rings (SSSR count). The van der Waals surface area contributed by atoms with Crippen LogP contribution in [0.1, 0.15) is 77.1 Å². The molecule has 6 heterocycles. The van der Waals surface area contributed by atoms with Crippen molar-refractivity contribution in [2.75, 3.05) is 27.2 Å². The number of carbonyl (C=O) groups is 4. The van der Waals surface area contributed by atoms with Crippen LogP contribution < -0.4 is 5.32 Å². The average molecular weight is 817 g/mol. The number of alkyl carbamates (subject to hydrolysis) is 1. The van der Waals surface area contributed by atoms with Crippen molar-refractivity contribution in [3.05, 3.63) is 60.4 Å². The third-order valence-electron chi connectivity index (χ3n) is 11.6. The number of hydrogen-bond acceptors (Lipinski definition) is 11. The lowest BCUT2D eigenvalue weighted by Crippen LogP contribution is -2.51. The molecule has 18 heteroatoms. The summed E-state index contributed by atoms with van der Waals surface area (Å²) in [7, 11) is 2.71. The first-order chi connectivity index (χ1) is 28.8. The normalized spacial score (nSPS) is 17.9. The van der Waals surface area contributed by atoms with E-state index in [1.165, 1.54) is 14.2 Å². The van der Waals surface area contributed by atoms with E-state index in [0.29, 0.717) is 71.6 Å². The molecule has 18 nitrogen and oxygen atoms in total. The number of nitrogens with zero attached hydrogens (tertiary/aromatic N) is 9. The third kappa shape index (κ3) is 7.52. The number of imidazole rings is 2. The fourth-order valence-electron chi connectivity index (χ4n) is 8.47. The quantitative estimate of drug-likeness (QED) is 0.128. The molecule has 4 N–H and O–H groups in total. The van der Waals surface area contributed by atoms with Crippen molar-refractivity contribution in [1.29, 1.82) is 0 Å². The molecule has 2 fully saturated rings. The van der Waals surface area contributed by atoms with Crippen molar-refractivity contribution in [2.24, 2.45) is 11.8 Å². The number of fused-ring (bicyclic) bond motifs is 3. The van der Waals surface area contributed by atoms with E-state index in [2.05, 4.69) is 25.3 Å². The molecule has 2 aliphatic heterocycles. The molecule has 0 aliphatic carbocycles. The molecule has 0 radical (unpaired) electrons. The number of ether oxygens (including phenoxy) is 1. The number of likely N-dealkylation sites (tertiary alicyclic amines) is 2. The molecular formula is C42H48N12O6. The fourth-order valence-corrected chi connectivity index (χ4v) is 8.47. The number of H-pyrrole nitrogens is 2. The number of benzene rings is 2. The largest absolute Gasteiger partial charge is 0.465 e. The van der Waals surface area contributed by atoms with Gasteiger partial charge in [-0.15, -0.1) is 0 Å². The average Bonchev–Trinajstić information content (AvgIpc) is 4.07. The van der Waals surface area contributed by atoms with Crippen molar-refractivity contribution in [3.8, 4) is 22.5 Å². The van der Waals surface area contributed by atoms with Crippen molar-refractivity contribution in [1.82, 2.24) is 59.9 Å². The number of aromatic nitrogens is 8. The molecule has 2 aliphatic rings. The van der Waals surface area contributed by atoms with Crippen LogP contribution in [-0.2, 0) is 14.3 Å². The number of likely N-dealkylation sites (N-methyl/N-ethyl adjacent to an activating group) is 1. The Bertz CT molecular complexity index is 2620. The van der Waals surface area contributed by atoms with Gasteiger partial charge in [0, 0.05) is 31.3 Å². The summed E-state index contributed by atoms with van der Waals surface area (Å²) in [6.07, 6.45) is 4.57. The fraction of sp³-hybridized carbons (Fsp3) is 0.429. The first-order valence-corrected chi connectivity index (χ1v) is 20.2. The Hall–Kier alpha value is -6.72. The van der Waals surface area contributed by atoms with Crippen LogP contribution in [-0.4, -0.2) is 123 Å². The second kappa shape index (κ2) is 16.1. The minimum Gasteiger partial charge on any atom is -0.465 e. The Labute approximate surface area is 345 Å². The van der Waals surface area contributed by atoms with Crippen molar-refractivity contribution < 1.29 is 29.0 Å². The van der Waals surface area contributed by atoms with E-state index in [-0.39, 0.29) is 35.7 Å². The van der Waals surface area contributed by atoms with Crippen molar-refractivity contribution >= 4 is 57.4 Å². The molecule has 1 unspecified atom stereocenters. The van der Waals surface area contributed by atoms with Gasteiger partial charge in [-0.05, 0) is 60.4 Å². The van der Waals surface area contributed by atoms with Gasteiger partial charge in [0.15, 0.2) is 22.6 Å². The van der Waals surface area contributed by atoms with Gasteiger partial charge in [0.2, 0.25) is 11.8 Å². The zero-order valence-corrected chi connectivity index (χ0v) is 34.3. The summed E-state index contributed by atoms with van der Waals surface area (Å²) >= 11 is 0. The molecule has 4 amide bonds. The van der Waals surface area contributed by atoms with E-state index >= 15 is 0 Å². The van der Waals surface area contributed by atoms with Gasteiger partial charge in [-0.25, -0.2) is 39.5 Å². The minimum absolute atomic E-state index is 0.141. The van der Waals surface area contributed by atoms with E-state index in [1.807, 2.05) is 64.1 Å². The summed E-state index contributed by atoms with van der Waals surface area (Å²) in [5.41, 5.74) is 4.90. The molecule has 312 valence electrons. The van der Waals surface area contributed by atoms with E-state index in [1.54, 1.807) is 22.2 Å². The predicted molar refractivity (Wildman–Crippen MR) is 221 cm³/mol. The summed E-state index contributed by atoms with van der Waals surface area (Å²) in [6, 6.07) is 9.88. The highest BCUT2D eigenvalue weighted by molar-refractivity contribution is 5.91. The van der Waals surface area contributed by atoms with Crippen LogP contribution >= 0.6 is 0 Å². The topological polar surface area (TPSA) is 228 Å². The van der Waals surface area contributed by atoms with Crippen LogP contribution in [0.3, 0.4) is 0 Å². The molecular weight excluding hydrogens is 769 g/mol. The molecule has 4 aromatic heterocycles. The molecule has 0 bridgehead atoms. The Kier molecular flexibility index (Phi) is 10.8. The van der Waals surface area contributed by atoms with Crippen LogP contribution in [0.2, 0.25) is 0 Å². The number of carboxylic acid groups (broad SMARTS) is 1. The number of nitrogens with one attached hydrogen (secondary N) is 3. The summed E-state index contributed by atoms with van der Waals surface area (Å²) < 4.78 is 4.76. The standard InChI is InChI=1S/C42H48N12O6/c1-21(2)31(47-41(57)60-6)39(55)53-15-7-9-29(53)33-48-35-37(50-33)45-27(19-43-35)25-13-11-24-18-26(14-12-23(24)17-25)28-20-44-36-38(46-28)51-34(49-36)30-10-8-16-54(30)40(56)32(22(3)4)52(5)42(58)59/h11-14,17-22,29-32H,7-10,15-16H2,1-6H3,(H,47,57)(H,58,59)(H,43,45,48,50)(H,44,46,49,51)/t29?,30-,31+,32-/m0/s1. The highest BCUT2D eigenvalue weighted by Gasteiger charge is 2.40. The van der Waals surface area contributed by atoms with Gasteiger partial charge < -0.3 is 34.9 Å². The van der Waals surface area contributed by atoms with Gasteiger partial charge in [-0.3, -0.25) is 14.5 Å². The number of hydrogen-bond donors (Lipinski definition) is 4.